The Morgan fingerprint density at radius 2 is 2.18 bits per heavy atom. The first kappa shape index (κ1) is 17.0. The molecule has 0 aliphatic heterocycles. The van der Waals surface area contributed by atoms with Crippen LogP contribution < -0.4 is 10.1 Å². The number of carbonyl (C=O) groups excluding carboxylic acids is 1. The van der Waals surface area contributed by atoms with Crippen molar-refractivity contribution in [3.63, 3.8) is 0 Å². The molecule has 0 aliphatic carbocycles. The van der Waals surface area contributed by atoms with Gasteiger partial charge in [0.25, 0.3) is 5.91 Å². The summed E-state index contributed by atoms with van der Waals surface area (Å²) < 4.78 is 18.9. The van der Waals surface area contributed by atoms with E-state index in [1.165, 1.54) is 18.2 Å². The predicted molar refractivity (Wildman–Crippen MR) is 89.6 cm³/mol. The molecule has 6 heteroatoms. The van der Waals surface area contributed by atoms with E-state index in [9.17, 15) is 9.18 Å². The topological polar surface area (TPSA) is 38.3 Å². The molecule has 1 aromatic heterocycles. The molecule has 2 rings (SSSR count). The van der Waals surface area contributed by atoms with Gasteiger partial charge in [-0.1, -0.05) is 19.9 Å². The van der Waals surface area contributed by atoms with E-state index in [4.69, 9.17) is 4.74 Å². The minimum atomic E-state index is -0.360. The summed E-state index contributed by atoms with van der Waals surface area (Å²) in [6.45, 7) is 4.00. The Hall–Kier alpha value is -1.40. The molecule has 0 saturated carbocycles. The number of carbonyl (C=O) groups is 1. The van der Waals surface area contributed by atoms with Crippen molar-refractivity contribution in [2.45, 2.75) is 19.9 Å². The molecule has 22 heavy (non-hydrogen) atoms. The van der Waals surface area contributed by atoms with Crippen molar-refractivity contribution in [3.05, 3.63) is 50.9 Å². The van der Waals surface area contributed by atoms with Crippen molar-refractivity contribution in [1.82, 2.24) is 5.32 Å². The zero-order valence-electron chi connectivity index (χ0n) is 12.3. The van der Waals surface area contributed by atoms with E-state index >= 15 is 0 Å². The fourth-order valence-corrected chi connectivity index (χ4v) is 3.40. The monoisotopic (exact) mass is 385 g/mol. The average Bonchev–Trinajstić information content (AvgIpc) is 2.97. The lowest BCUT2D eigenvalue weighted by molar-refractivity contribution is -0.124. The van der Waals surface area contributed by atoms with Crippen LogP contribution in [0.25, 0.3) is 0 Å². The Morgan fingerprint density at radius 3 is 2.77 bits per heavy atom. The fourth-order valence-electron chi connectivity index (χ4n) is 1.99. The third kappa shape index (κ3) is 4.55. The van der Waals surface area contributed by atoms with E-state index in [2.05, 4.69) is 35.1 Å². The number of amides is 1. The van der Waals surface area contributed by atoms with Gasteiger partial charge in [0.05, 0.1) is 10.5 Å². The molecule has 2 aromatic rings. The first-order valence-electron chi connectivity index (χ1n) is 6.88. The quantitative estimate of drug-likeness (QED) is 0.792. The zero-order valence-corrected chi connectivity index (χ0v) is 14.7. The van der Waals surface area contributed by atoms with Crippen molar-refractivity contribution in [1.29, 1.82) is 0 Å². The average molecular weight is 386 g/mol. The first-order valence-corrected chi connectivity index (χ1v) is 8.55. The Bertz CT molecular complexity index is 631. The van der Waals surface area contributed by atoms with Crippen LogP contribution in [0.1, 0.15) is 24.8 Å². The Balaban J connectivity index is 1.94. The molecule has 0 bridgehead atoms. The zero-order chi connectivity index (χ0) is 16.1. The highest BCUT2D eigenvalue weighted by atomic mass is 79.9. The predicted octanol–water partition coefficient (Wildman–Crippen LogP) is 4.54. The number of hydrogen-bond donors (Lipinski definition) is 1. The van der Waals surface area contributed by atoms with E-state index in [-0.39, 0.29) is 30.3 Å². The summed E-state index contributed by atoms with van der Waals surface area (Å²) in [6, 6.07) is 8.02. The summed E-state index contributed by atoms with van der Waals surface area (Å²) in [7, 11) is 0. The number of thiophene rings is 1. The molecule has 0 spiro atoms. The number of benzene rings is 1. The van der Waals surface area contributed by atoms with Gasteiger partial charge < -0.3 is 10.1 Å². The molecule has 1 N–H and O–H groups in total. The summed E-state index contributed by atoms with van der Waals surface area (Å²) in [5.74, 6) is 0.151. The molecule has 118 valence electrons. The number of halogens is 2. The molecule has 0 unspecified atom stereocenters. The lowest BCUT2D eigenvalue weighted by Crippen LogP contribution is -2.34. The fraction of sp³-hybridized carbons (Fsp3) is 0.312. The van der Waals surface area contributed by atoms with E-state index in [1.54, 1.807) is 11.3 Å². The molecule has 1 aromatic carbocycles. The molecule has 0 fully saturated rings. The van der Waals surface area contributed by atoms with Gasteiger partial charge in [-0.3, -0.25) is 4.79 Å². The van der Waals surface area contributed by atoms with Crippen LogP contribution in [0.15, 0.2) is 40.2 Å². The minimum absolute atomic E-state index is 0.0345. The minimum Gasteiger partial charge on any atom is -0.483 e. The standard InChI is InChI=1S/C16H17BrFNO2S/c1-10(2)16(14-4-3-7-22-14)19-15(20)9-21-13-6-5-11(18)8-12(13)17/h3-8,10,16H,9H2,1-2H3,(H,19,20)/t16-/m1/s1. The second-order valence-electron chi connectivity index (χ2n) is 5.17. The molecular formula is C16H17BrFNO2S. The highest BCUT2D eigenvalue weighted by molar-refractivity contribution is 9.10. The van der Waals surface area contributed by atoms with Crippen LogP contribution in [0.5, 0.6) is 5.75 Å². The van der Waals surface area contributed by atoms with Crippen molar-refractivity contribution in [2.75, 3.05) is 6.61 Å². The highest BCUT2D eigenvalue weighted by Gasteiger charge is 2.19. The molecule has 0 aliphatic rings. The van der Waals surface area contributed by atoms with Gasteiger partial charge in [0.15, 0.2) is 6.61 Å². The number of nitrogens with one attached hydrogen (secondary N) is 1. The molecule has 0 saturated heterocycles. The van der Waals surface area contributed by atoms with Gasteiger partial charge in [0.1, 0.15) is 11.6 Å². The maximum absolute atomic E-state index is 13.0. The van der Waals surface area contributed by atoms with Gasteiger partial charge in [-0.15, -0.1) is 11.3 Å². The molecular weight excluding hydrogens is 369 g/mol. The molecule has 1 amide bonds. The lowest BCUT2D eigenvalue weighted by Gasteiger charge is -2.21. The van der Waals surface area contributed by atoms with Crippen molar-refractivity contribution >= 4 is 33.2 Å². The van der Waals surface area contributed by atoms with Crippen molar-refractivity contribution in [3.8, 4) is 5.75 Å². The van der Waals surface area contributed by atoms with E-state index < -0.39 is 0 Å². The SMILES string of the molecule is CC(C)[C@@H](NC(=O)COc1ccc(F)cc1Br)c1cccs1. The van der Waals surface area contributed by atoms with Gasteiger partial charge in [0, 0.05) is 4.88 Å². The maximum Gasteiger partial charge on any atom is 0.258 e. The molecule has 1 heterocycles. The highest BCUT2D eigenvalue weighted by Crippen LogP contribution is 2.27. The van der Waals surface area contributed by atoms with Crippen molar-refractivity contribution < 1.29 is 13.9 Å². The Kier molecular flexibility index (Phi) is 5.97. The number of ether oxygens (including phenoxy) is 1. The van der Waals surface area contributed by atoms with Gasteiger partial charge in [-0.25, -0.2) is 4.39 Å². The van der Waals surface area contributed by atoms with E-state index in [1.807, 2.05) is 17.5 Å². The lowest BCUT2D eigenvalue weighted by atomic mass is 10.0. The van der Waals surface area contributed by atoms with E-state index in [0.717, 1.165) is 4.88 Å². The molecule has 3 nitrogen and oxygen atoms in total. The number of rotatable bonds is 6. The van der Waals surface area contributed by atoms with Crippen LogP contribution >= 0.6 is 27.3 Å². The van der Waals surface area contributed by atoms with Crippen LogP contribution in [0, 0.1) is 11.7 Å². The van der Waals surface area contributed by atoms with E-state index in [0.29, 0.717) is 10.2 Å². The van der Waals surface area contributed by atoms with Crippen molar-refractivity contribution in [2.24, 2.45) is 5.92 Å². The third-order valence-corrected chi connectivity index (χ3v) is 4.66. The second-order valence-corrected chi connectivity index (χ2v) is 7.00. The van der Waals surface area contributed by atoms with Gasteiger partial charge in [0.2, 0.25) is 0 Å². The summed E-state index contributed by atoms with van der Waals surface area (Å²) in [5.41, 5.74) is 0. The number of hydrogen-bond acceptors (Lipinski definition) is 3. The normalized spacial score (nSPS) is 12.2. The first-order chi connectivity index (χ1) is 10.5. The van der Waals surface area contributed by atoms with Gasteiger partial charge >= 0.3 is 0 Å². The Morgan fingerprint density at radius 1 is 1.41 bits per heavy atom. The molecule has 0 radical (unpaired) electrons. The van der Waals surface area contributed by atoms with Crippen LogP contribution in [0.2, 0.25) is 0 Å². The van der Waals surface area contributed by atoms with Crippen LogP contribution in [0.3, 0.4) is 0 Å². The summed E-state index contributed by atoms with van der Waals surface area (Å²) in [4.78, 5) is 13.2. The van der Waals surface area contributed by atoms with Crippen LogP contribution in [-0.2, 0) is 4.79 Å². The maximum atomic E-state index is 13.0. The summed E-state index contributed by atoms with van der Waals surface area (Å²) in [5, 5.41) is 4.97. The van der Waals surface area contributed by atoms with Crippen LogP contribution in [-0.4, -0.2) is 12.5 Å². The van der Waals surface area contributed by atoms with Crippen LogP contribution in [0.4, 0.5) is 4.39 Å². The smallest absolute Gasteiger partial charge is 0.258 e. The van der Waals surface area contributed by atoms with Gasteiger partial charge in [-0.05, 0) is 51.5 Å². The third-order valence-electron chi connectivity index (χ3n) is 3.09. The molecule has 1 atom stereocenters. The van der Waals surface area contributed by atoms with Gasteiger partial charge in [-0.2, -0.15) is 0 Å². The Labute approximate surface area is 141 Å². The summed E-state index contributed by atoms with van der Waals surface area (Å²) >= 11 is 4.82. The second kappa shape index (κ2) is 7.74. The summed E-state index contributed by atoms with van der Waals surface area (Å²) in [6.07, 6.45) is 0. The largest absolute Gasteiger partial charge is 0.483 e.